The Morgan fingerprint density at radius 2 is 1.69 bits per heavy atom. The number of benzene rings is 2. The van der Waals surface area contributed by atoms with Gasteiger partial charge >= 0.3 is 0 Å². The van der Waals surface area contributed by atoms with Gasteiger partial charge < -0.3 is 9.33 Å². The SMILES string of the molecule is CC(=O)N1CCN(C/C=C/c2ccc(Sc3ccccc3CO[Si](C)(C)C(C)(C)C)c(Cl)c2Cl)CC1. The van der Waals surface area contributed by atoms with Crippen LogP contribution in [-0.2, 0) is 15.8 Å². The smallest absolute Gasteiger partial charge is 0.219 e. The zero-order valence-corrected chi connectivity index (χ0v) is 25.6. The van der Waals surface area contributed by atoms with E-state index in [-0.39, 0.29) is 10.9 Å². The van der Waals surface area contributed by atoms with Crippen LogP contribution in [0.4, 0.5) is 0 Å². The molecule has 1 aliphatic rings. The van der Waals surface area contributed by atoms with E-state index in [1.165, 1.54) is 0 Å². The van der Waals surface area contributed by atoms with Crippen molar-refractivity contribution < 1.29 is 9.22 Å². The van der Waals surface area contributed by atoms with Crippen molar-refractivity contribution in [3.8, 4) is 0 Å². The average Bonchev–Trinajstić information content (AvgIpc) is 2.82. The molecule has 1 fully saturated rings. The fourth-order valence-corrected chi connectivity index (χ4v) is 6.13. The highest BCUT2D eigenvalue weighted by atomic mass is 35.5. The molecule has 0 spiro atoms. The van der Waals surface area contributed by atoms with Crippen molar-refractivity contribution in [3.05, 3.63) is 63.6 Å². The molecular formula is C28H38Cl2N2O2SSi. The van der Waals surface area contributed by atoms with Gasteiger partial charge in [0, 0.05) is 49.4 Å². The van der Waals surface area contributed by atoms with Gasteiger partial charge in [-0.15, -0.1) is 0 Å². The maximum Gasteiger partial charge on any atom is 0.219 e. The fourth-order valence-electron chi connectivity index (χ4n) is 3.64. The van der Waals surface area contributed by atoms with Crippen molar-refractivity contribution in [3.63, 3.8) is 0 Å². The van der Waals surface area contributed by atoms with Crippen LogP contribution in [0.25, 0.3) is 6.08 Å². The van der Waals surface area contributed by atoms with Gasteiger partial charge in [0.15, 0.2) is 8.32 Å². The van der Waals surface area contributed by atoms with Crippen molar-refractivity contribution in [2.45, 2.75) is 62.2 Å². The van der Waals surface area contributed by atoms with E-state index < -0.39 is 8.32 Å². The third-order valence-corrected chi connectivity index (χ3v) is 13.8. The third kappa shape index (κ3) is 7.62. The Bertz CT molecular complexity index is 1090. The summed E-state index contributed by atoms with van der Waals surface area (Å²) in [6.07, 6.45) is 4.14. The molecule has 1 saturated heterocycles. The van der Waals surface area contributed by atoms with Crippen LogP contribution in [0, 0.1) is 0 Å². The highest BCUT2D eigenvalue weighted by Crippen LogP contribution is 2.41. The molecule has 0 bridgehead atoms. The van der Waals surface area contributed by atoms with Crippen LogP contribution >= 0.6 is 35.0 Å². The van der Waals surface area contributed by atoms with Gasteiger partial charge in [0.25, 0.3) is 0 Å². The zero-order chi connectivity index (χ0) is 26.5. The maximum atomic E-state index is 11.5. The predicted octanol–water partition coefficient (Wildman–Crippen LogP) is 7.84. The summed E-state index contributed by atoms with van der Waals surface area (Å²) < 4.78 is 6.48. The Morgan fingerprint density at radius 1 is 1.03 bits per heavy atom. The summed E-state index contributed by atoms with van der Waals surface area (Å²) in [7, 11) is -1.85. The fraction of sp³-hybridized carbons (Fsp3) is 0.464. The lowest BCUT2D eigenvalue weighted by molar-refractivity contribution is -0.130. The quantitative estimate of drug-likeness (QED) is 0.305. The topological polar surface area (TPSA) is 32.8 Å². The average molecular weight is 566 g/mol. The molecule has 0 aliphatic carbocycles. The first kappa shape index (κ1) is 29.3. The van der Waals surface area contributed by atoms with Crippen LogP contribution in [0.3, 0.4) is 0 Å². The van der Waals surface area contributed by atoms with Crippen LogP contribution in [-0.4, -0.2) is 56.7 Å². The maximum absolute atomic E-state index is 11.5. The van der Waals surface area contributed by atoms with E-state index in [1.54, 1.807) is 18.7 Å². The molecule has 0 radical (unpaired) electrons. The summed E-state index contributed by atoms with van der Waals surface area (Å²) in [6, 6.07) is 12.4. The Kier molecular flexibility index (Phi) is 10.2. The number of amides is 1. The molecule has 0 unspecified atom stereocenters. The van der Waals surface area contributed by atoms with Crippen LogP contribution in [0.2, 0.25) is 28.2 Å². The monoisotopic (exact) mass is 564 g/mol. The normalized spacial score (nSPS) is 15.6. The molecule has 2 aromatic carbocycles. The van der Waals surface area contributed by atoms with Crippen LogP contribution in [0.15, 0.2) is 52.3 Å². The first-order valence-electron chi connectivity index (χ1n) is 12.4. The third-order valence-electron chi connectivity index (χ3n) is 7.14. The van der Waals surface area contributed by atoms with Gasteiger partial charge in [-0.05, 0) is 41.4 Å². The lowest BCUT2D eigenvalue weighted by Gasteiger charge is -2.36. The molecule has 3 rings (SSSR count). The van der Waals surface area contributed by atoms with E-state index in [0.717, 1.165) is 53.6 Å². The number of rotatable bonds is 8. The van der Waals surface area contributed by atoms with Crippen LogP contribution < -0.4 is 0 Å². The molecule has 0 aromatic heterocycles. The Labute approximate surface area is 232 Å². The molecule has 0 atom stereocenters. The summed E-state index contributed by atoms with van der Waals surface area (Å²) in [5, 5.41) is 1.30. The number of hydrogen-bond donors (Lipinski definition) is 0. The predicted molar refractivity (Wildman–Crippen MR) is 157 cm³/mol. The number of piperazine rings is 1. The number of halogens is 2. The molecular weight excluding hydrogens is 527 g/mol. The number of carbonyl (C=O) groups excluding carboxylic acids is 1. The van der Waals surface area contributed by atoms with Crippen molar-refractivity contribution in [1.29, 1.82) is 0 Å². The lowest BCUT2D eigenvalue weighted by atomic mass is 10.2. The van der Waals surface area contributed by atoms with Gasteiger partial charge in [-0.25, -0.2) is 0 Å². The van der Waals surface area contributed by atoms with E-state index in [4.69, 9.17) is 27.6 Å². The molecule has 2 aromatic rings. The Balaban J connectivity index is 1.65. The lowest BCUT2D eigenvalue weighted by Crippen LogP contribution is -2.47. The van der Waals surface area contributed by atoms with Gasteiger partial charge in [-0.3, -0.25) is 9.69 Å². The molecule has 8 heteroatoms. The van der Waals surface area contributed by atoms with Gasteiger partial charge in [0.05, 0.1) is 16.7 Å². The summed E-state index contributed by atoms with van der Waals surface area (Å²) in [6.45, 7) is 17.7. The molecule has 1 aliphatic heterocycles. The zero-order valence-electron chi connectivity index (χ0n) is 22.2. The first-order chi connectivity index (χ1) is 16.9. The van der Waals surface area contributed by atoms with Gasteiger partial charge in [0.2, 0.25) is 5.91 Å². The Hall–Kier alpha value is -1.28. The Morgan fingerprint density at radius 3 is 2.33 bits per heavy atom. The van der Waals surface area contributed by atoms with Crippen molar-refractivity contribution in [1.82, 2.24) is 9.80 Å². The van der Waals surface area contributed by atoms with E-state index >= 15 is 0 Å². The van der Waals surface area contributed by atoms with Crippen molar-refractivity contribution in [2.75, 3.05) is 32.7 Å². The largest absolute Gasteiger partial charge is 0.413 e. The molecule has 196 valence electrons. The van der Waals surface area contributed by atoms with Gasteiger partial charge in [-0.1, -0.05) is 92.2 Å². The highest BCUT2D eigenvalue weighted by Gasteiger charge is 2.37. The number of nitrogens with zero attached hydrogens (tertiary/aromatic N) is 2. The number of carbonyl (C=O) groups is 1. The van der Waals surface area contributed by atoms with E-state index in [1.807, 2.05) is 29.2 Å². The minimum absolute atomic E-state index is 0.148. The summed E-state index contributed by atoms with van der Waals surface area (Å²) in [4.78, 5) is 17.8. The minimum Gasteiger partial charge on any atom is -0.413 e. The minimum atomic E-state index is -1.85. The van der Waals surface area contributed by atoms with E-state index in [0.29, 0.717) is 16.7 Å². The summed E-state index contributed by atoms with van der Waals surface area (Å²) in [5.41, 5.74) is 2.07. The molecule has 1 heterocycles. The van der Waals surface area contributed by atoms with Crippen LogP contribution in [0.1, 0.15) is 38.8 Å². The summed E-state index contributed by atoms with van der Waals surface area (Å²) in [5.74, 6) is 0.148. The highest BCUT2D eigenvalue weighted by molar-refractivity contribution is 7.99. The molecule has 4 nitrogen and oxygen atoms in total. The molecule has 0 saturated carbocycles. The first-order valence-corrected chi connectivity index (χ1v) is 16.9. The standard InChI is InChI=1S/C28H38Cl2N2O2SSi/c1-21(33)32-18-16-31(17-19-32)15-9-11-22-13-14-25(27(30)26(22)29)35-24-12-8-7-10-23(24)20-34-36(5,6)28(2,3)4/h7-14H,15-20H2,1-6H3/b11-9+. The van der Waals surface area contributed by atoms with Crippen molar-refractivity contribution in [2.24, 2.45) is 0 Å². The van der Waals surface area contributed by atoms with Gasteiger partial charge in [0.1, 0.15) is 0 Å². The van der Waals surface area contributed by atoms with E-state index in [2.05, 4.69) is 63.0 Å². The molecule has 36 heavy (non-hydrogen) atoms. The second kappa shape index (κ2) is 12.5. The second-order valence-electron chi connectivity index (χ2n) is 10.7. The van der Waals surface area contributed by atoms with Crippen LogP contribution in [0.5, 0.6) is 0 Å². The molecule has 1 amide bonds. The van der Waals surface area contributed by atoms with E-state index in [9.17, 15) is 4.79 Å². The van der Waals surface area contributed by atoms with Crippen molar-refractivity contribution >= 4 is 55.3 Å². The number of hydrogen-bond acceptors (Lipinski definition) is 4. The second-order valence-corrected chi connectivity index (χ2v) is 17.4. The molecule has 0 N–H and O–H groups in total. The summed E-state index contributed by atoms with van der Waals surface area (Å²) >= 11 is 15.0. The van der Waals surface area contributed by atoms with Gasteiger partial charge in [-0.2, -0.15) is 0 Å².